The number of fused-ring (bicyclic) bond motifs is 1. The first-order chi connectivity index (χ1) is 9.24. The predicted octanol–water partition coefficient (Wildman–Crippen LogP) is 1.01. The van der Waals surface area contributed by atoms with E-state index >= 15 is 0 Å². The largest absolute Gasteiger partial charge is 0.346 e. The summed E-state index contributed by atoms with van der Waals surface area (Å²) in [6.45, 7) is 0.459. The van der Waals surface area contributed by atoms with Crippen LogP contribution < -0.4 is 10.9 Å². The smallest absolute Gasteiger partial charge is 0.273 e. The molecule has 2 N–H and O–H groups in total. The molecule has 0 atom stereocenters. The van der Waals surface area contributed by atoms with Gasteiger partial charge in [0.05, 0.1) is 6.54 Å². The number of aromatic amines is 1. The first-order valence-corrected chi connectivity index (χ1v) is 6.49. The number of hydrogen-bond acceptors (Lipinski definition) is 4. The van der Waals surface area contributed by atoms with E-state index in [-0.39, 0.29) is 17.2 Å². The van der Waals surface area contributed by atoms with E-state index in [4.69, 9.17) is 0 Å². The Morgan fingerprint density at radius 3 is 3.16 bits per heavy atom. The Bertz CT molecular complexity index is 772. The van der Waals surface area contributed by atoms with Crippen molar-refractivity contribution in [2.24, 2.45) is 0 Å². The predicted molar refractivity (Wildman–Crippen MR) is 71.3 cm³/mol. The van der Waals surface area contributed by atoms with Crippen LogP contribution >= 0.6 is 11.3 Å². The van der Waals surface area contributed by atoms with Gasteiger partial charge in [0.2, 0.25) is 0 Å². The lowest BCUT2D eigenvalue weighted by Gasteiger charge is -1.99. The van der Waals surface area contributed by atoms with Gasteiger partial charge in [0.25, 0.3) is 11.5 Å². The summed E-state index contributed by atoms with van der Waals surface area (Å²) in [7, 11) is 0. The monoisotopic (exact) mass is 274 g/mol. The normalized spacial score (nSPS) is 10.7. The van der Waals surface area contributed by atoms with Crippen LogP contribution in [0, 0.1) is 0 Å². The molecule has 1 amide bonds. The SMILES string of the molecule is O=C(NCc1cccs1)c1cc2c(=O)[nH]ccn2n1. The number of H-pyrrole nitrogens is 1. The highest BCUT2D eigenvalue weighted by atomic mass is 32.1. The first-order valence-electron chi connectivity index (χ1n) is 5.62. The van der Waals surface area contributed by atoms with E-state index in [1.807, 2.05) is 17.5 Å². The van der Waals surface area contributed by atoms with Crippen LogP contribution in [0.25, 0.3) is 5.52 Å². The Balaban J connectivity index is 1.82. The molecule has 0 aliphatic carbocycles. The quantitative estimate of drug-likeness (QED) is 0.748. The summed E-state index contributed by atoms with van der Waals surface area (Å²) in [5.74, 6) is -0.295. The Morgan fingerprint density at radius 1 is 1.53 bits per heavy atom. The molecule has 3 rings (SSSR count). The van der Waals surface area contributed by atoms with Gasteiger partial charge in [-0.3, -0.25) is 9.59 Å². The fraction of sp³-hybridized carbons (Fsp3) is 0.0833. The van der Waals surface area contributed by atoms with Gasteiger partial charge in [0.1, 0.15) is 5.52 Å². The maximum Gasteiger partial charge on any atom is 0.273 e. The minimum absolute atomic E-state index is 0.230. The van der Waals surface area contributed by atoms with E-state index in [0.717, 1.165) is 4.88 Å². The molecule has 0 aromatic carbocycles. The topological polar surface area (TPSA) is 79.3 Å². The summed E-state index contributed by atoms with van der Waals surface area (Å²) in [5, 5.41) is 8.78. The summed E-state index contributed by atoms with van der Waals surface area (Å²) in [6.07, 6.45) is 3.07. The summed E-state index contributed by atoms with van der Waals surface area (Å²) >= 11 is 1.57. The van der Waals surface area contributed by atoms with Gasteiger partial charge in [0.15, 0.2) is 5.69 Å². The Hall–Kier alpha value is -2.41. The van der Waals surface area contributed by atoms with Crippen molar-refractivity contribution in [2.45, 2.75) is 6.54 Å². The Morgan fingerprint density at radius 2 is 2.42 bits per heavy atom. The molecule has 3 heterocycles. The van der Waals surface area contributed by atoms with Crippen LogP contribution in [0.4, 0.5) is 0 Å². The summed E-state index contributed by atoms with van der Waals surface area (Å²) in [6, 6.07) is 5.35. The minimum atomic E-state index is -0.295. The van der Waals surface area contributed by atoms with Gasteiger partial charge in [-0.15, -0.1) is 11.3 Å². The van der Waals surface area contributed by atoms with Gasteiger partial charge in [-0.25, -0.2) is 4.52 Å². The van der Waals surface area contributed by atoms with Gasteiger partial charge in [-0.05, 0) is 11.4 Å². The lowest BCUT2D eigenvalue weighted by molar-refractivity contribution is 0.0946. The number of thiophene rings is 1. The lowest BCUT2D eigenvalue weighted by Crippen LogP contribution is -2.22. The van der Waals surface area contributed by atoms with E-state index in [9.17, 15) is 9.59 Å². The maximum absolute atomic E-state index is 11.9. The van der Waals surface area contributed by atoms with Crippen molar-refractivity contribution in [2.75, 3.05) is 0 Å². The molecule has 0 spiro atoms. The van der Waals surface area contributed by atoms with Crippen molar-refractivity contribution in [3.8, 4) is 0 Å². The van der Waals surface area contributed by atoms with Crippen molar-refractivity contribution in [3.05, 3.63) is 56.9 Å². The minimum Gasteiger partial charge on any atom is -0.346 e. The zero-order valence-electron chi connectivity index (χ0n) is 9.79. The van der Waals surface area contributed by atoms with Crippen molar-refractivity contribution in [1.82, 2.24) is 19.9 Å². The average molecular weight is 274 g/mol. The molecular formula is C12H10N4O2S. The fourth-order valence-corrected chi connectivity index (χ4v) is 2.36. The van der Waals surface area contributed by atoms with E-state index in [1.54, 1.807) is 17.5 Å². The number of carbonyl (C=O) groups is 1. The van der Waals surface area contributed by atoms with Crippen LogP contribution in [-0.2, 0) is 6.54 Å². The third-order valence-electron chi connectivity index (χ3n) is 2.63. The third kappa shape index (κ3) is 2.27. The molecule has 3 aromatic heterocycles. The molecule has 0 bridgehead atoms. The number of hydrogen-bond donors (Lipinski definition) is 2. The third-order valence-corrected chi connectivity index (χ3v) is 3.51. The summed E-state index contributed by atoms with van der Waals surface area (Å²) in [5.41, 5.74) is 0.310. The number of amides is 1. The van der Waals surface area contributed by atoms with Crippen LogP contribution in [0.2, 0.25) is 0 Å². The zero-order valence-corrected chi connectivity index (χ0v) is 10.6. The van der Waals surface area contributed by atoms with Gasteiger partial charge in [-0.1, -0.05) is 6.07 Å². The number of nitrogens with zero attached hydrogens (tertiary/aromatic N) is 2. The van der Waals surface area contributed by atoms with Gasteiger partial charge in [-0.2, -0.15) is 5.10 Å². The van der Waals surface area contributed by atoms with Crippen LogP contribution in [0.5, 0.6) is 0 Å². The molecule has 0 saturated carbocycles. The van der Waals surface area contributed by atoms with Crippen LogP contribution in [0.15, 0.2) is 40.8 Å². The highest BCUT2D eigenvalue weighted by Gasteiger charge is 2.12. The van der Waals surface area contributed by atoms with Gasteiger partial charge < -0.3 is 10.3 Å². The van der Waals surface area contributed by atoms with Crippen molar-refractivity contribution >= 4 is 22.8 Å². The summed E-state index contributed by atoms with van der Waals surface area (Å²) < 4.78 is 1.39. The highest BCUT2D eigenvalue weighted by Crippen LogP contribution is 2.08. The molecule has 19 heavy (non-hydrogen) atoms. The molecule has 7 heteroatoms. The van der Waals surface area contributed by atoms with Crippen molar-refractivity contribution in [1.29, 1.82) is 0 Å². The van der Waals surface area contributed by atoms with Crippen LogP contribution in [-0.4, -0.2) is 20.5 Å². The molecule has 0 saturated heterocycles. The summed E-state index contributed by atoms with van der Waals surface area (Å²) in [4.78, 5) is 27.0. The molecule has 3 aromatic rings. The zero-order chi connectivity index (χ0) is 13.2. The van der Waals surface area contributed by atoms with Crippen molar-refractivity contribution < 1.29 is 4.79 Å². The fourth-order valence-electron chi connectivity index (χ4n) is 1.72. The molecule has 0 fully saturated rings. The van der Waals surface area contributed by atoms with Crippen molar-refractivity contribution in [3.63, 3.8) is 0 Å². The molecule has 0 aliphatic rings. The molecule has 6 nitrogen and oxygen atoms in total. The van der Waals surface area contributed by atoms with Crippen LogP contribution in [0.1, 0.15) is 15.4 Å². The Kier molecular flexibility index (Phi) is 2.88. The number of nitrogens with one attached hydrogen (secondary N) is 2. The number of aromatic nitrogens is 3. The van der Waals surface area contributed by atoms with E-state index in [2.05, 4.69) is 15.4 Å². The van der Waals surface area contributed by atoms with Gasteiger partial charge >= 0.3 is 0 Å². The lowest BCUT2D eigenvalue weighted by atomic mass is 10.3. The molecule has 96 valence electrons. The van der Waals surface area contributed by atoms with E-state index < -0.39 is 0 Å². The second kappa shape index (κ2) is 4.69. The maximum atomic E-state index is 11.9. The van der Waals surface area contributed by atoms with E-state index in [1.165, 1.54) is 16.8 Å². The first kappa shape index (κ1) is 11.7. The molecular weight excluding hydrogens is 264 g/mol. The Labute approximate surface area is 111 Å². The average Bonchev–Trinajstić information content (AvgIpc) is 3.05. The second-order valence-corrected chi connectivity index (χ2v) is 4.94. The molecule has 0 unspecified atom stereocenters. The molecule has 0 radical (unpaired) electrons. The second-order valence-electron chi connectivity index (χ2n) is 3.91. The van der Waals surface area contributed by atoms with E-state index in [0.29, 0.717) is 12.1 Å². The number of carbonyl (C=O) groups excluding carboxylic acids is 1. The van der Waals surface area contributed by atoms with Crippen LogP contribution in [0.3, 0.4) is 0 Å². The standard InChI is InChI=1S/C12H10N4O2S/c17-11(14-7-8-2-1-5-19-8)9-6-10-12(18)13-3-4-16(10)15-9/h1-6H,7H2,(H,13,18)(H,14,17). The number of rotatable bonds is 3. The van der Waals surface area contributed by atoms with Gasteiger partial charge in [0, 0.05) is 23.3 Å². The highest BCUT2D eigenvalue weighted by molar-refractivity contribution is 7.09. The molecule has 0 aliphatic heterocycles.